The fourth-order valence-electron chi connectivity index (χ4n) is 2.47. The Morgan fingerprint density at radius 3 is 3.06 bits per heavy atom. The highest BCUT2D eigenvalue weighted by atomic mass is 32.1. The zero-order valence-electron chi connectivity index (χ0n) is 10.9. The fourth-order valence-corrected chi connectivity index (χ4v) is 3.46. The van der Waals surface area contributed by atoms with Crippen molar-refractivity contribution in [3.63, 3.8) is 0 Å². The summed E-state index contributed by atoms with van der Waals surface area (Å²) in [5.74, 6) is 0.0346. The van der Waals surface area contributed by atoms with Crippen molar-refractivity contribution in [2.24, 2.45) is 5.92 Å². The first-order chi connectivity index (χ1) is 8.56. The predicted molar refractivity (Wildman–Crippen MR) is 73.3 cm³/mol. The lowest BCUT2D eigenvalue weighted by molar-refractivity contribution is -0.136. The fraction of sp³-hybridized carbons (Fsp3) is 0.692. The summed E-state index contributed by atoms with van der Waals surface area (Å²) in [5.41, 5.74) is 0.906. The number of hydrogen-bond donors (Lipinski definition) is 1. The number of piperidine rings is 1. The van der Waals surface area contributed by atoms with Crippen LogP contribution < -0.4 is 4.90 Å². The molecular formula is C13H20N2O2S. The van der Waals surface area contributed by atoms with E-state index >= 15 is 0 Å². The molecule has 2 atom stereocenters. The van der Waals surface area contributed by atoms with Crippen molar-refractivity contribution in [3.05, 3.63) is 11.1 Å². The molecule has 4 nitrogen and oxygen atoms in total. The summed E-state index contributed by atoms with van der Waals surface area (Å²) in [7, 11) is 0. The SMILES string of the molecule is CC1CCN(c2nc(CCC(=O)O)cs2)C(C)C1. The number of thiazole rings is 1. The number of aliphatic carboxylic acids is 1. The minimum atomic E-state index is -0.760. The van der Waals surface area contributed by atoms with Gasteiger partial charge in [0.25, 0.3) is 0 Å². The van der Waals surface area contributed by atoms with E-state index in [1.54, 1.807) is 11.3 Å². The summed E-state index contributed by atoms with van der Waals surface area (Å²) in [5, 5.41) is 11.7. The summed E-state index contributed by atoms with van der Waals surface area (Å²) in [6.45, 7) is 5.61. The van der Waals surface area contributed by atoms with Crippen LogP contribution in [0.4, 0.5) is 5.13 Å². The second-order valence-electron chi connectivity index (χ2n) is 5.19. The van der Waals surface area contributed by atoms with Gasteiger partial charge in [0.1, 0.15) is 0 Å². The largest absolute Gasteiger partial charge is 0.481 e. The average molecular weight is 268 g/mol. The van der Waals surface area contributed by atoms with Gasteiger partial charge in [-0.1, -0.05) is 6.92 Å². The molecule has 1 fully saturated rings. The van der Waals surface area contributed by atoms with E-state index in [0.717, 1.165) is 23.3 Å². The number of carboxylic acids is 1. The molecule has 0 spiro atoms. The van der Waals surface area contributed by atoms with Gasteiger partial charge < -0.3 is 10.0 Å². The van der Waals surface area contributed by atoms with E-state index in [1.807, 2.05) is 5.38 Å². The number of rotatable bonds is 4. The minimum absolute atomic E-state index is 0.162. The van der Waals surface area contributed by atoms with Crippen LogP contribution in [-0.2, 0) is 11.2 Å². The van der Waals surface area contributed by atoms with Gasteiger partial charge in [-0.05, 0) is 25.7 Å². The van der Waals surface area contributed by atoms with Crippen LogP contribution in [0.1, 0.15) is 38.8 Å². The van der Waals surface area contributed by atoms with Crippen LogP contribution in [-0.4, -0.2) is 28.6 Å². The molecule has 0 radical (unpaired) electrons. The van der Waals surface area contributed by atoms with Crippen LogP contribution in [0.15, 0.2) is 5.38 Å². The lowest BCUT2D eigenvalue weighted by atomic mass is 9.94. The minimum Gasteiger partial charge on any atom is -0.481 e. The number of hydrogen-bond acceptors (Lipinski definition) is 4. The van der Waals surface area contributed by atoms with Gasteiger partial charge in [0.05, 0.1) is 12.1 Å². The molecule has 0 amide bonds. The van der Waals surface area contributed by atoms with E-state index in [2.05, 4.69) is 23.7 Å². The highest BCUT2D eigenvalue weighted by molar-refractivity contribution is 7.13. The quantitative estimate of drug-likeness (QED) is 0.912. The van der Waals surface area contributed by atoms with Crippen LogP contribution in [0.5, 0.6) is 0 Å². The molecule has 0 aromatic carbocycles. The van der Waals surface area contributed by atoms with E-state index in [1.165, 1.54) is 12.8 Å². The molecule has 1 N–H and O–H groups in total. The van der Waals surface area contributed by atoms with E-state index in [0.29, 0.717) is 12.5 Å². The Morgan fingerprint density at radius 1 is 1.61 bits per heavy atom. The first-order valence-corrected chi connectivity index (χ1v) is 7.37. The van der Waals surface area contributed by atoms with E-state index < -0.39 is 5.97 Å². The van der Waals surface area contributed by atoms with Gasteiger partial charge in [-0.25, -0.2) is 4.98 Å². The van der Waals surface area contributed by atoms with Gasteiger partial charge in [-0.15, -0.1) is 11.3 Å². The summed E-state index contributed by atoms with van der Waals surface area (Å²) in [4.78, 5) is 17.5. The third kappa shape index (κ3) is 3.22. The van der Waals surface area contributed by atoms with E-state index in [-0.39, 0.29) is 6.42 Å². The lowest BCUT2D eigenvalue weighted by Gasteiger charge is -2.36. The second-order valence-corrected chi connectivity index (χ2v) is 6.02. The first kappa shape index (κ1) is 13.3. The third-order valence-corrected chi connectivity index (χ3v) is 4.45. The van der Waals surface area contributed by atoms with Crippen molar-refractivity contribution in [3.8, 4) is 0 Å². The molecule has 1 aliphatic heterocycles. The standard InChI is InChI=1S/C13H20N2O2S/c1-9-5-6-15(10(2)7-9)13-14-11(8-18-13)3-4-12(16)17/h8-10H,3-7H2,1-2H3,(H,16,17). The van der Waals surface area contributed by atoms with Crippen molar-refractivity contribution < 1.29 is 9.90 Å². The molecule has 1 aliphatic rings. The molecule has 5 heteroatoms. The molecule has 0 aliphatic carbocycles. The number of anilines is 1. The topological polar surface area (TPSA) is 53.4 Å². The molecule has 100 valence electrons. The zero-order valence-corrected chi connectivity index (χ0v) is 11.7. The van der Waals surface area contributed by atoms with E-state index in [4.69, 9.17) is 5.11 Å². The van der Waals surface area contributed by atoms with Crippen molar-refractivity contribution in [2.75, 3.05) is 11.4 Å². The van der Waals surface area contributed by atoms with Crippen molar-refractivity contribution in [1.29, 1.82) is 0 Å². The highest BCUT2D eigenvalue weighted by Crippen LogP contribution is 2.30. The van der Waals surface area contributed by atoms with Gasteiger partial charge in [0, 0.05) is 24.4 Å². The maximum absolute atomic E-state index is 10.5. The van der Waals surface area contributed by atoms with Crippen LogP contribution in [0.25, 0.3) is 0 Å². The first-order valence-electron chi connectivity index (χ1n) is 6.49. The molecule has 1 aromatic heterocycles. The normalized spacial score (nSPS) is 24.2. The number of carbonyl (C=O) groups is 1. The zero-order chi connectivity index (χ0) is 13.1. The number of nitrogens with zero attached hydrogens (tertiary/aromatic N) is 2. The Bertz CT molecular complexity index is 419. The van der Waals surface area contributed by atoms with Crippen molar-refractivity contribution >= 4 is 22.4 Å². The van der Waals surface area contributed by atoms with Crippen molar-refractivity contribution in [2.45, 2.75) is 45.6 Å². The molecule has 2 heterocycles. The number of carboxylic acid groups (broad SMARTS) is 1. The monoisotopic (exact) mass is 268 g/mol. The summed E-state index contributed by atoms with van der Waals surface area (Å²) >= 11 is 1.63. The van der Waals surface area contributed by atoms with E-state index in [9.17, 15) is 4.79 Å². The van der Waals surface area contributed by atoms with Gasteiger partial charge in [-0.3, -0.25) is 4.79 Å². The molecular weight excluding hydrogens is 248 g/mol. The molecule has 18 heavy (non-hydrogen) atoms. The maximum atomic E-state index is 10.5. The summed E-state index contributed by atoms with van der Waals surface area (Å²) in [6.07, 6.45) is 3.12. The van der Waals surface area contributed by atoms with Gasteiger partial charge in [0.15, 0.2) is 5.13 Å². The highest BCUT2D eigenvalue weighted by Gasteiger charge is 2.24. The van der Waals surface area contributed by atoms with Crippen LogP contribution in [0, 0.1) is 5.92 Å². The molecule has 1 saturated heterocycles. The molecule has 2 unspecified atom stereocenters. The summed E-state index contributed by atoms with van der Waals surface area (Å²) < 4.78 is 0. The Labute approximate surface area is 112 Å². The Kier molecular flexibility index (Phi) is 4.22. The number of aromatic nitrogens is 1. The van der Waals surface area contributed by atoms with Gasteiger partial charge in [0.2, 0.25) is 0 Å². The average Bonchev–Trinajstić information content (AvgIpc) is 2.75. The molecule has 0 bridgehead atoms. The van der Waals surface area contributed by atoms with Crippen molar-refractivity contribution in [1.82, 2.24) is 4.98 Å². The Balaban J connectivity index is 1.98. The van der Waals surface area contributed by atoms with Gasteiger partial charge in [-0.2, -0.15) is 0 Å². The van der Waals surface area contributed by atoms with Crippen LogP contribution in [0.2, 0.25) is 0 Å². The molecule has 0 saturated carbocycles. The smallest absolute Gasteiger partial charge is 0.303 e. The second kappa shape index (κ2) is 5.69. The number of aryl methyl sites for hydroxylation is 1. The Morgan fingerprint density at radius 2 is 2.39 bits per heavy atom. The molecule has 1 aromatic rings. The van der Waals surface area contributed by atoms with Crippen LogP contribution >= 0.6 is 11.3 Å². The maximum Gasteiger partial charge on any atom is 0.303 e. The molecule has 2 rings (SSSR count). The third-order valence-electron chi connectivity index (χ3n) is 3.52. The lowest BCUT2D eigenvalue weighted by Crippen LogP contribution is -2.40. The predicted octanol–water partition coefficient (Wildman–Crippen LogP) is 2.79. The van der Waals surface area contributed by atoms with Crippen LogP contribution in [0.3, 0.4) is 0 Å². The van der Waals surface area contributed by atoms with Gasteiger partial charge >= 0.3 is 5.97 Å². The summed E-state index contributed by atoms with van der Waals surface area (Å²) in [6, 6.07) is 0.534. The Hall–Kier alpha value is -1.10.